The van der Waals surface area contributed by atoms with Gasteiger partial charge in [0.15, 0.2) is 0 Å². The summed E-state index contributed by atoms with van der Waals surface area (Å²) in [6, 6.07) is 12.9. The van der Waals surface area contributed by atoms with Crippen LogP contribution in [0.1, 0.15) is 34.6 Å². The maximum absolute atomic E-state index is 11.4. The first-order valence-electron chi connectivity index (χ1n) is 6.83. The summed E-state index contributed by atoms with van der Waals surface area (Å²) in [7, 11) is 0. The van der Waals surface area contributed by atoms with E-state index in [1.54, 1.807) is 44.2 Å². The zero-order chi connectivity index (χ0) is 17.0. The number of fused-ring (bicyclic) bond motifs is 1. The molecule has 0 bridgehead atoms. The largest absolute Gasteiger partial charge is 0.507 e. The maximum Gasteiger partial charge on any atom is 0.345 e. The number of carboxylic acid groups (broad SMARTS) is 1. The Morgan fingerprint density at radius 3 is 2.22 bits per heavy atom. The zero-order valence-corrected chi connectivity index (χ0v) is 12.6. The molecule has 2 N–H and O–H groups in total. The van der Waals surface area contributed by atoms with Gasteiger partial charge in [0.05, 0.1) is 0 Å². The van der Waals surface area contributed by atoms with Crippen molar-refractivity contribution in [1.82, 2.24) is 0 Å². The number of ether oxygens (including phenoxy) is 2. The quantitative estimate of drug-likeness (QED) is 0.785. The van der Waals surface area contributed by atoms with Gasteiger partial charge < -0.3 is 19.7 Å². The molecular formula is C17H16O6. The molecule has 120 valence electrons. The molecule has 1 heterocycles. The van der Waals surface area contributed by atoms with Crippen molar-refractivity contribution in [1.29, 1.82) is 0 Å². The number of rotatable bonds is 1. The number of cyclic esters (lactones) is 1. The van der Waals surface area contributed by atoms with Crippen molar-refractivity contribution in [3.05, 3.63) is 59.7 Å². The highest BCUT2D eigenvalue weighted by Crippen LogP contribution is 2.30. The number of phenols is 1. The minimum Gasteiger partial charge on any atom is -0.507 e. The molecule has 6 nitrogen and oxygen atoms in total. The van der Waals surface area contributed by atoms with E-state index in [-0.39, 0.29) is 17.3 Å². The van der Waals surface area contributed by atoms with Crippen molar-refractivity contribution < 1.29 is 29.3 Å². The predicted molar refractivity (Wildman–Crippen MR) is 81.6 cm³/mol. The summed E-state index contributed by atoms with van der Waals surface area (Å²) in [6.45, 7) is 3.42. The molecule has 0 atom stereocenters. The highest BCUT2D eigenvalue weighted by molar-refractivity contribution is 5.93. The van der Waals surface area contributed by atoms with Gasteiger partial charge in [-0.25, -0.2) is 9.59 Å². The Morgan fingerprint density at radius 2 is 1.61 bits per heavy atom. The maximum atomic E-state index is 11.4. The fraction of sp³-hybridized carbons (Fsp3) is 0.176. The number of aromatic carboxylic acids is 1. The average Bonchev–Trinajstić information content (AvgIpc) is 2.47. The van der Waals surface area contributed by atoms with Gasteiger partial charge in [-0.3, -0.25) is 0 Å². The molecule has 1 aliphatic heterocycles. The number of hydrogen-bond acceptors (Lipinski definition) is 5. The second-order valence-electron chi connectivity index (χ2n) is 5.21. The van der Waals surface area contributed by atoms with Crippen LogP contribution in [0.2, 0.25) is 0 Å². The van der Waals surface area contributed by atoms with Crippen molar-refractivity contribution >= 4 is 11.9 Å². The number of benzene rings is 2. The van der Waals surface area contributed by atoms with E-state index in [1.807, 2.05) is 6.07 Å². The zero-order valence-electron chi connectivity index (χ0n) is 12.6. The summed E-state index contributed by atoms with van der Waals surface area (Å²) in [5, 5.41) is 17.3. The number of carboxylic acids is 1. The summed E-state index contributed by atoms with van der Waals surface area (Å²) in [6.07, 6.45) is 0. The normalized spacial score (nSPS) is 14.4. The van der Waals surface area contributed by atoms with E-state index in [4.69, 9.17) is 19.7 Å². The van der Waals surface area contributed by atoms with Crippen LogP contribution in [0.4, 0.5) is 0 Å². The molecule has 1 aliphatic rings. The van der Waals surface area contributed by atoms with Crippen LogP contribution in [-0.4, -0.2) is 27.9 Å². The highest BCUT2D eigenvalue weighted by atomic mass is 16.7. The number of para-hydroxylation sites is 2. The Hall–Kier alpha value is -3.02. The number of esters is 1. The third-order valence-corrected chi connectivity index (χ3v) is 2.94. The van der Waals surface area contributed by atoms with Gasteiger partial charge in [-0.15, -0.1) is 0 Å². The van der Waals surface area contributed by atoms with Crippen LogP contribution in [-0.2, 0) is 4.74 Å². The molecule has 2 aromatic carbocycles. The molecule has 3 rings (SSSR count). The van der Waals surface area contributed by atoms with E-state index in [2.05, 4.69) is 0 Å². The fourth-order valence-electron chi connectivity index (χ4n) is 1.94. The molecule has 0 spiro atoms. The molecule has 0 amide bonds. The van der Waals surface area contributed by atoms with Crippen LogP contribution in [0.15, 0.2) is 48.5 Å². The Morgan fingerprint density at radius 1 is 1.00 bits per heavy atom. The lowest BCUT2D eigenvalue weighted by molar-refractivity contribution is -0.127. The monoisotopic (exact) mass is 316 g/mol. The van der Waals surface area contributed by atoms with Gasteiger partial charge in [0.25, 0.3) is 0 Å². The smallest absolute Gasteiger partial charge is 0.345 e. The summed E-state index contributed by atoms with van der Waals surface area (Å²) in [4.78, 5) is 21.7. The average molecular weight is 316 g/mol. The highest BCUT2D eigenvalue weighted by Gasteiger charge is 2.33. The summed E-state index contributed by atoms with van der Waals surface area (Å²) >= 11 is 0. The standard InChI is InChI=1S/C10H10O3.C7H6O3/c1-10(2)12-8-6-4-3-5-7(8)9(11)13-10;8-6-4-2-1-3-5(6)7(9)10/h3-6H,1-2H3;1-4,8H,(H,9,10). The molecule has 0 fully saturated rings. The first-order chi connectivity index (χ1) is 10.8. The Labute approximate surface area is 132 Å². The number of carbonyl (C=O) groups is 2. The van der Waals surface area contributed by atoms with Gasteiger partial charge in [-0.2, -0.15) is 0 Å². The van der Waals surface area contributed by atoms with Crippen LogP contribution in [0.3, 0.4) is 0 Å². The summed E-state index contributed by atoms with van der Waals surface area (Å²) in [5.74, 6) is -1.91. The van der Waals surface area contributed by atoms with E-state index in [1.165, 1.54) is 12.1 Å². The lowest BCUT2D eigenvalue weighted by atomic mass is 10.1. The minimum absolute atomic E-state index is 0.0671. The lowest BCUT2D eigenvalue weighted by Gasteiger charge is -2.31. The van der Waals surface area contributed by atoms with Gasteiger partial charge in [-0.1, -0.05) is 24.3 Å². The minimum atomic E-state index is -1.11. The van der Waals surface area contributed by atoms with E-state index in [0.717, 1.165) is 0 Å². The van der Waals surface area contributed by atoms with Crippen LogP contribution in [0.25, 0.3) is 0 Å². The second-order valence-corrected chi connectivity index (χ2v) is 5.21. The van der Waals surface area contributed by atoms with Gasteiger partial charge in [0.1, 0.15) is 22.6 Å². The topological polar surface area (TPSA) is 93.1 Å². The lowest BCUT2D eigenvalue weighted by Crippen LogP contribution is -2.38. The number of hydrogen-bond donors (Lipinski definition) is 2. The third kappa shape index (κ3) is 4.00. The molecule has 0 saturated heterocycles. The molecule has 0 saturated carbocycles. The third-order valence-electron chi connectivity index (χ3n) is 2.94. The van der Waals surface area contributed by atoms with Gasteiger partial charge in [0, 0.05) is 13.8 Å². The predicted octanol–water partition coefficient (Wildman–Crippen LogP) is 3.06. The van der Waals surface area contributed by atoms with Crippen molar-refractivity contribution in [2.24, 2.45) is 0 Å². The molecule has 6 heteroatoms. The molecular weight excluding hydrogens is 300 g/mol. The first kappa shape index (κ1) is 16.4. The van der Waals surface area contributed by atoms with Crippen molar-refractivity contribution in [2.45, 2.75) is 19.6 Å². The number of carbonyl (C=O) groups excluding carboxylic acids is 1. The van der Waals surface area contributed by atoms with Gasteiger partial charge in [-0.05, 0) is 24.3 Å². The Balaban J connectivity index is 0.000000174. The van der Waals surface area contributed by atoms with Crippen LogP contribution >= 0.6 is 0 Å². The van der Waals surface area contributed by atoms with Crippen LogP contribution < -0.4 is 4.74 Å². The fourth-order valence-corrected chi connectivity index (χ4v) is 1.94. The van der Waals surface area contributed by atoms with E-state index in [9.17, 15) is 9.59 Å². The molecule has 23 heavy (non-hydrogen) atoms. The second kappa shape index (κ2) is 6.39. The van der Waals surface area contributed by atoms with Crippen molar-refractivity contribution in [3.8, 4) is 11.5 Å². The molecule has 0 unspecified atom stereocenters. The first-order valence-corrected chi connectivity index (χ1v) is 6.83. The van der Waals surface area contributed by atoms with Crippen LogP contribution in [0.5, 0.6) is 11.5 Å². The van der Waals surface area contributed by atoms with Crippen molar-refractivity contribution in [3.63, 3.8) is 0 Å². The van der Waals surface area contributed by atoms with Gasteiger partial charge in [0.2, 0.25) is 5.79 Å². The molecule has 0 aliphatic carbocycles. The SMILES string of the molecule is CC1(C)OC(=O)c2ccccc2O1.O=C(O)c1ccccc1O. The van der Waals surface area contributed by atoms with E-state index in [0.29, 0.717) is 11.3 Å². The van der Waals surface area contributed by atoms with E-state index < -0.39 is 11.8 Å². The molecule has 2 aromatic rings. The summed E-state index contributed by atoms with van der Waals surface area (Å²) in [5.41, 5.74) is 0.421. The Kier molecular flexibility index (Phi) is 4.55. The number of aromatic hydroxyl groups is 1. The van der Waals surface area contributed by atoms with Crippen molar-refractivity contribution in [2.75, 3.05) is 0 Å². The van der Waals surface area contributed by atoms with Gasteiger partial charge >= 0.3 is 11.9 Å². The summed E-state index contributed by atoms with van der Waals surface area (Å²) < 4.78 is 10.5. The van der Waals surface area contributed by atoms with Crippen LogP contribution in [0, 0.1) is 0 Å². The Bertz CT molecular complexity index is 735. The molecule has 0 aromatic heterocycles. The molecule has 0 radical (unpaired) electrons. The van der Waals surface area contributed by atoms with E-state index >= 15 is 0 Å².